The standard InChI is InChI=1S/C15H27N3O/c1-15(19,12-17(2)3)11-16-10-13-6-8-14(9-7-13)18(4)5/h6-9,16,19H,10-12H2,1-5H3. The van der Waals surface area contributed by atoms with Crippen LogP contribution < -0.4 is 10.2 Å². The van der Waals surface area contributed by atoms with Gasteiger partial charge in [0.05, 0.1) is 5.60 Å². The molecule has 0 heterocycles. The second-order valence-corrected chi connectivity index (χ2v) is 5.90. The first-order valence-electron chi connectivity index (χ1n) is 6.64. The minimum atomic E-state index is -0.701. The van der Waals surface area contributed by atoms with E-state index in [1.165, 1.54) is 11.3 Å². The van der Waals surface area contributed by atoms with Crippen molar-refractivity contribution in [3.63, 3.8) is 0 Å². The highest BCUT2D eigenvalue weighted by molar-refractivity contribution is 5.45. The van der Waals surface area contributed by atoms with E-state index in [4.69, 9.17) is 0 Å². The van der Waals surface area contributed by atoms with E-state index in [-0.39, 0.29) is 0 Å². The first kappa shape index (κ1) is 16.0. The van der Waals surface area contributed by atoms with Crippen molar-refractivity contribution in [3.8, 4) is 0 Å². The zero-order chi connectivity index (χ0) is 14.5. The maximum atomic E-state index is 10.2. The average Bonchev–Trinajstić information content (AvgIpc) is 2.27. The highest BCUT2D eigenvalue weighted by Crippen LogP contribution is 2.12. The molecule has 4 nitrogen and oxygen atoms in total. The molecule has 0 saturated heterocycles. The van der Waals surface area contributed by atoms with E-state index in [0.717, 1.165) is 6.54 Å². The smallest absolute Gasteiger partial charge is 0.0869 e. The molecule has 0 radical (unpaired) electrons. The predicted molar refractivity (Wildman–Crippen MR) is 81.7 cm³/mol. The third-order valence-corrected chi connectivity index (χ3v) is 2.94. The molecule has 0 amide bonds. The van der Waals surface area contributed by atoms with Crippen LogP contribution in [0.15, 0.2) is 24.3 Å². The van der Waals surface area contributed by atoms with Gasteiger partial charge in [0.2, 0.25) is 0 Å². The monoisotopic (exact) mass is 265 g/mol. The lowest BCUT2D eigenvalue weighted by atomic mass is 10.1. The molecule has 2 N–H and O–H groups in total. The Morgan fingerprint density at radius 3 is 2.16 bits per heavy atom. The van der Waals surface area contributed by atoms with Gasteiger partial charge in [-0.15, -0.1) is 0 Å². The van der Waals surface area contributed by atoms with Gasteiger partial charge in [-0.2, -0.15) is 0 Å². The van der Waals surface area contributed by atoms with Gasteiger partial charge in [0.1, 0.15) is 0 Å². The van der Waals surface area contributed by atoms with E-state index in [0.29, 0.717) is 13.1 Å². The van der Waals surface area contributed by atoms with Crippen molar-refractivity contribution < 1.29 is 5.11 Å². The molecular weight excluding hydrogens is 238 g/mol. The van der Waals surface area contributed by atoms with Crippen LogP contribution in [-0.4, -0.2) is 56.9 Å². The van der Waals surface area contributed by atoms with Crippen molar-refractivity contribution in [2.75, 3.05) is 46.2 Å². The van der Waals surface area contributed by atoms with Gasteiger partial charge in [0.25, 0.3) is 0 Å². The van der Waals surface area contributed by atoms with Crippen LogP contribution in [0.1, 0.15) is 12.5 Å². The Balaban J connectivity index is 2.40. The maximum Gasteiger partial charge on any atom is 0.0869 e. The summed E-state index contributed by atoms with van der Waals surface area (Å²) in [6.07, 6.45) is 0. The van der Waals surface area contributed by atoms with Crippen LogP contribution >= 0.6 is 0 Å². The first-order valence-corrected chi connectivity index (χ1v) is 6.64. The fourth-order valence-electron chi connectivity index (χ4n) is 2.13. The Labute approximate surface area is 117 Å². The van der Waals surface area contributed by atoms with Gasteiger partial charge in [-0.05, 0) is 38.7 Å². The highest BCUT2D eigenvalue weighted by atomic mass is 16.3. The Hall–Kier alpha value is -1.10. The van der Waals surface area contributed by atoms with Crippen molar-refractivity contribution in [1.29, 1.82) is 0 Å². The Kier molecular flexibility index (Phi) is 5.79. The summed E-state index contributed by atoms with van der Waals surface area (Å²) in [5.41, 5.74) is 1.72. The van der Waals surface area contributed by atoms with Gasteiger partial charge in [0.15, 0.2) is 0 Å². The largest absolute Gasteiger partial charge is 0.388 e. The number of nitrogens with one attached hydrogen (secondary N) is 1. The summed E-state index contributed by atoms with van der Waals surface area (Å²) in [4.78, 5) is 4.08. The van der Waals surface area contributed by atoms with Crippen LogP contribution in [0.3, 0.4) is 0 Å². The fraction of sp³-hybridized carbons (Fsp3) is 0.600. The first-order chi connectivity index (χ1) is 8.80. The van der Waals surface area contributed by atoms with E-state index >= 15 is 0 Å². The molecule has 0 aliphatic rings. The summed E-state index contributed by atoms with van der Waals surface area (Å²) in [7, 11) is 8.00. The molecule has 0 bridgehead atoms. The van der Waals surface area contributed by atoms with Crippen LogP contribution in [0.5, 0.6) is 0 Å². The normalized spacial score (nSPS) is 14.5. The number of aliphatic hydroxyl groups is 1. The van der Waals surface area contributed by atoms with Crippen LogP contribution in [0.25, 0.3) is 0 Å². The predicted octanol–water partition coefficient (Wildman–Crippen LogP) is 1.15. The van der Waals surface area contributed by atoms with E-state index in [1.54, 1.807) is 0 Å². The van der Waals surface area contributed by atoms with E-state index in [9.17, 15) is 5.11 Å². The molecule has 0 aromatic heterocycles. The Bertz CT molecular complexity index is 371. The molecule has 108 valence electrons. The highest BCUT2D eigenvalue weighted by Gasteiger charge is 2.20. The number of hydrogen-bond donors (Lipinski definition) is 2. The molecule has 0 spiro atoms. The van der Waals surface area contributed by atoms with Crippen LogP contribution in [0.2, 0.25) is 0 Å². The van der Waals surface area contributed by atoms with Gasteiger partial charge in [-0.3, -0.25) is 0 Å². The molecule has 0 saturated carbocycles. The van der Waals surface area contributed by atoms with E-state index in [2.05, 4.69) is 34.5 Å². The summed E-state index contributed by atoms with van der Waals surface area (Å²) in [6.45, 7) is 3.87. The summed E-state index contributed by atoms with van der Waals surface area (Å²) in [5.74, 6) is 0. The number of hydrogen-bond acceptors (Lipinski definition) is 4. The summed E-state index contributed by atoms with van der Waals surface area (Å²) in [5, 5.41) is 13.5. The maximum absolute atomic E-state index is 10.2. The molecule has 19 heavy (non-hydrogen) atoms. The van der Waals surface area contributed by atoms with Crippen LogP contribution in [0.4, 0.5) is 5.69 Å². The third kappa shape index (κ3) is 6.05. The molecule has 0 aliphatic heterocycles. The van der Waals surface area contributed by atoms with Crippen molar-refractivity contribution in [3.05, 3.63) is 29.8 Å². The Morgan fingerprint density at radius 2 is 1.68 bits per heavy atom. The van der Waals surface area contributed by atoms with Crippen LogP contribution in [-0.2, 0) is 6.54 Å². The minimum Gasteiger partial charge on any atom is -0.388 e. The second kappa shape index (κ2) is 6.89. The van der Waals surface area contributed by atoms with Gasteiger partial charge in [-0.1, -0.05) is 12.1 Å². The van der Waals surface area contributed by atoms with Gasteiger partial charge in [0, 0.05) is 39.4 Å². The van der Waals surface area contributed by atoms with Gasteiger partial charge >= 0.3 is 0 Å². The van der Waals surface area contributed by atoms with Gasteiger partial charge in [-0.25, -0.2) is 0 Å². The van der Waals surface area contributed by atoms with E-state index < -0.39 is 5.60 Å². The number of benzene rings is 1. The van der Waals surface area contributed by atoms with Crippen LogP contribution in [0, 0.1) is 0 Å². The average molecular weight is 265 g/mol. The quantitative estimate of drug-likeness (QED) is 0.776. The molecule has 0 aliphatic carbocycles. The molecule has 1 atom stereocenters. The summed E-state index contributed by atoms with van der Waals surface area (Å²) >= 11 is 0. The molecule has 1 rings (SSSR count). The lowest BCUT2D eigenvalue weighted by Crippen LogP contribution is -2.45. The zero-order valence-corrected chi connectivity index (χ0v) is 12.8. The number of rotatable bonds is 7. The van der Waals surface area contributed by atoms with Crippen molar-refractivity contribution in [1.82, 2.24) is 10.2 Å². The molecule has 4 heteroatoms. The number of likely N-dealkylation sites (N-methyl/N-ethyl adjacent to an activating group) is 1. The Morgan fingerprint density at radius 1 is 1.11 bits per heavy atom. The molecular formula is C15H27N3O. The number of anilines is 1. The van der Waals surface area contributed by atoms with Crippen molar-refractivity contribution >= 4 is 5.69 Å². The third-order valence-electron chi connectivity index (χ3n) is 2.94. The number of nitrogens with zero attached hydrogens (tertiary/aromatic N) is 2. The molecule has 0 fully saturated rings. The van der Waals surface area contributed by atoms with E-state index in [1.807, 2.05) is 40.0 Å². The minimum absolute atomic E-state index is 0.584. The molecule has 1 aromatic carbocycles. The lowest BCUT2D eigenvalue weighted by Gasteiger charge is -2.27. The summed E-state index contributed by atoms with van der Waals surface area (Å²) < 4.78 is 0. The molecule has 1 unspecified atom stereocenters. The lowest BCUT2D eigenvalue weighted by molar-refractivity contribution is 0.0336. The fourth-order valence-corrected chi connectivity index (χ4v) is 2.13. The second-order valence-electron chi connectivity index (χ2n) is 5.90. The van der Waals surface area contributed by atoms with Gasteiger partial charge < -0.3 is 20.2 Å². The SMILES string of the molecule is CN(C)CC(C)(O)CNCc1ccc(N(C)C)cc1. The van der Waals surface area contributed by atoms with Crippen molar-refractivity contribution in [2.45, 2.75) is 19.1 Å². The van der Waals surface area contributed by atoms with Crippen molar-refractivity contribution in [2.24, 2.45) is 0 Å². The zero-order valence-electron chi connectivity index (χ0n) is 12.8. The summed E-state index contributed by atoms with van der Waals surface area (Å²) in [6, 6.07) is 8.44. The molecule has 1 aromatic rings. The topological polar surface area (TPSA) is 38.7 Å².